The lowest BCUT2D eigenvalue weighted by Crippen LogP contribution is -2.14. The predicted molar refractivity (Wildman–Crippen MR) is 81.6 cm³/mol. The van der Waals surface area contributed by atoms with Crippen LogP contribution in [0.5, 0.6) is 0 Å². The molecule has 2 rings (SSSR count). The Morgan fingerprint density at radius 2 is 1.83 bits per heavy atom. The molecule has 7 nitrogen and oxygen atoms in total. The molecule has 0 amide bonds. The van der Waals surface area contributed by atoms with Gasteiger partial charge in [-0.3, -0.25) is 10.1 Å². The Morgan fingerprint density at radius 1 is 1.17 bits per heavy atom. The molecule has 2 N–H and O–H groups in total. The fourth-order valence-corrected chi connectivity index (χ4v) is 1.85. The number of alkyl halides is 3. The number of nitrogens with zero attached hydrogens (tertiary/aromatic N) is 3. The third kappa shape index (κ3) is 4.54. The van der Waals surface area contributed by atoms with E-state index in [-0.39, 0.29) is 24.0 Å². The van der Waals surface area contributed by atoms with Crippen LogP contribution in [-0.2, 0) is 12.7 Å². The van der Waals surface area contributed by atoms with Crippen LogP contribution in [0, 0.1) is 10.1 Å². The van der Waals surface area contributed by atoms with E-state index >= 15 is 0 Å². The molecule has 0 saturated carbocycles. The molecule has 1 aromatic heterocycles. The number of hydrogen-bond donors (Lipinski definition) is 2. The minimum Gasteiger partial charge on any atom is -0.366 e. The highest BCUT2D eigenvalue weighted by Crippen LogP contribution is 2.29. The number of rotatable bonds is 6. The molecule has 1 heterocycles. The number of nitrogens with one attached hydrogen (secondary N) is 2. The van der Waals surface area contributed by atoms with Crippen LogP contribution < -0.4 is 10.6 Å². The number of nitro benzene ring substituents is 1. The molecule has 0 bridgehead atoms. The van der Waals surface area contributed by atoms with Gasteiger partial charge in [-0.2, -0.15) is 18.2 Å². The van der Waals surface area contributed by atoms with Gasteiger partial charge in [0.25, 0.3) is 5.69 Å². The minimum atomic E-state index is -4.59. The fourth-order valence-electron chi connectivity index (χ4n) is 1.85. The SMILES string of the molecule is CCNc1nc(NCc2ccc([N+](=O)[O-])cc2)cc(C(F)(F)F)n1. The second-order valence-corrected chi connectivity index (χ2v) is 4.77. The number of hydrogen-bond acceptors (Lipinski definition) is 6. The molecule has 128 valence electrons. The van der Waals surface area contributed by atoms with E-state index in [9.17, 15) is 23.3 Å². The number of halogens is 3. The summed E-state index contributed by atoms with van der Waals surface area (Å²) in [6.45, 7) is 2.26. The summed E-state index contributed by atoms with van der Waals surface area (Å²) in [5.74, 6) is -0.120. The van der Waals surface area contributed by atoms with Crippen molar-refractivity contribution >= 4 is 17.5 Å². The highest BCUT2D eigenvalue weighted by atomic mass is 19.4. The van der Waals surface area contributed by atoms with Gasteiger partial charge >= 0.3 is 6.18 Å². The summed E-state index contributed by atoms with van der Waals surface area (Å²) in [5, 5.41) is 16.0. The van der Waals surface area contributed by atoms with Crippen LogP contribution in [0.2, 0.25) is 0 Å². The monoisotopic (exact) mass is 341 g/mol. The molecular formula is C14H14F3N5O2. The molecule has 0 unspecified atom stereocenters. The van der Waals surface area contributed by atoms with Crippen molar-refractivity contribution in [3.8, 4) is 0 Å². The van der Waals surface area contributed by atoms with Crippen LogP contribution in [-0.4, -0.2) is 21.4 Å². The first-order valence-electron chi connectivity index (χ1n) is 6.97. The van der Waals surface area contributed by atoms with E-state index < -0.39 is 16.8 Å². The normalized spacial score (nSPS) is 11.2. The van der Waals surface area contributed by atoms with Gasteiger partial charge in [-0.25, -0.2) is 4.98 Å². The Morgan fingerprint density at radius 3 is 2.38 bits per heavy atom. The maximum Gasteiger partial charge on any atom is 0.433 e. The van der Waals surface area contributed by atoms with Gasteiger partial charge in [0, 0.05) is 31.3 Å². The van der Waals surface area contributed by atoms with Gasteiger partial charge in [-0.05, 0) is 12.5 Å². The van der Waals surface area contributed by atoms with Crippen molar-refractivity contribution in [1.29, 1.82) is 0 Å². The summed E-state index contributed by atoms with van der Waals surface area (Å²) >= 11 is 0. The molecular weight excluding hydrogens is 327 g/mol. The molecule has 0 spiro atoms. The maximum absolute atomic E-state index is 12.9. The number of anilines is 2. The van der Waals surface area contributed by atoms with Gasteiger partial charge in [0.1, 0.15) is 5.82 Å². The zero-order chi connectivity index (χ0) is 17.7. The Hall–Kier alpha value is -2.91. The van der Waals surface area contributed by atoms with Crippen molar-refractivity contribution < 1.29 is 18.1 Å². The average molecular weight is 341 g/mol. The molecule has 1 aromatic carbocycles. The van der Waals surface area contributed by atoms with Crippen molar-refractivity contribution in [2.24, 2.45) is 0 Å². The Balaban J connectivity index is 2.16. The molecule has 24 heavy (non-hydrogen) atoms. The smallest absolute Gasteiger partial charge is 0.366 e. The molecule has 0 radical (unpaired) electrons. The van der Waals surface area contributed by atoms with E-state index in [1.54, 1.807) is 6.92 Å². The van der Waals surface area contributed by atoms with Crippen LogP contribution in [0.4, 0.5) is 30.6 Å². The highest BCUT2D eigenvalue weighted by molar-refractivity contribution is 5.44. The van der Waals surface area contributed by atoms with Gasteiger partial charge in [0.15, 0.2) is 5.69 Å². The first-order valence-corrected chi connectivity index (χ1v) is 6.97. The maximum atomic E-state index is 12.9. The molecule has 0 aliphatic rings. The van der Waals surface area contributed by atoms with Crippen molar-refractivity contribution in [1.82, 2.24) is 9.97 Å². The van der Waals surface area contributed by atoms with E-state index in [1.165, 1.54) is 24.3 Å². The van der Waals surface area contributed by atoms with Gasteiger partial charge in [-0.15, -0.1) is 0 Å². The van der Waals surface area contributed by atoms with Crippen molar-refractivity contribution in [3.05, 3.63) is 51.7 Å². The Labute approximate surface area is 135 Å². The van der Waals surface area contributed by atoms with Gasteiger partial charge < -0.3 is 10.6 Å². The third-order valence-corrected chi connectivity index (χ3v) is 2.97. The summed E-state index contributed by atoms with van der Waals surface area (Å²) in [6, 6.07) is 6.49. The van der Waals surface area contributed by atoms with E-state index in [0.29, 0.717) is 12.1 Å². The number of aromatic nitrogens is 2. The Bertz CT molecular complexity index is 719. The molecule has 2 aromatic rings. The highest BCUT2D eigenvalue weighted by Gasteiger charge is 2.33. The molecule has 0 atom stereocenters. The van der Waals surface area contributed by atoms with Crippen LogP contribution in [0.1, 0.15) is 18.2 Å². The topological polar surface area (TPSA) is 93.0 Å². The van der Waals surface area contributed by atoms with Crippen LogP contribution >= 0.6 is 0 Å². The van der Waals surface area contributed by atoms with E-state index in [4.69, 9.17) is 0 Å². The van der Waals surface area contributed by atoms with E-state index in [2.05, 4.69) is 20.6 Å². The number of nitro groups is 1. The van der Waals surface area contributed by atoms with Gasteiger partial charge in [-0.1, -0.05) is 12.1 Å². The molecule has 0 aliphatic heterocycles. The first kappa shape index (κ1) is 17.4. The fraction of sp³-hybridized carbons (Fsp3) is 0.286. The largest absolute Gasteiger partial charge is 0.433 e. The number of benzene rings is 1. The summed E-state index contributed by atoms with van der Waals surface area (Å²) < 4.78 is 38.6. The lowest BCUT2D eigenvalue weighted by molar-refractivity contribution is -0.384. The minimum absolute atomic E-state index is 0.00614. The molecule has 0 saturated heterocycles. The van der Waals surface area contributed by atoms with Crippen LogP contribution in [0.3, 0.4) is 0 Å². The van der Waals surface area contributed by atoms with Crippen molar-refractivity contribution in [3.63, 3.8) is 0 Å². The van der Waals surface area contributed by atoms with Crippen LogP contribution in [0.15, 0.2) is 30.3 Å². The molecule has 10 heteroatoms. The zero-order valence-electron chi connectivity index (χ0n) is 12.6. The lowest BCUT2D eigenvalue weighted by atomic mass is 10.2. The third-order valence-electron chi connectivity index (χ3n) is 2.97. The summed E-state index contributed by atoms with van der Waals surface area (Å²) in [5.41, 5.74) is -0.452. The summed E-state index contributed by atoms with van der Waals surface area (Å²) in [6.07, 6.45) is -4.59. The van der Waals surface area contributed by atoms with Gasteiger partial charge in [0.2, 0.25) is 5.95 Å². The predicted octanol–water partition coefficient (Wildman–Crippen LogP) is 3.45. The van der Waals surface area contributed by atoms with Crippen molar-refractivity contribution in [2.75, 3.05) is 17.2 Å². The molecule has 0 aliphatic carbocycles. The standard InChI is InChI=1S/C14H14F3N5O2/c1-2-18-13-20-11(14(15,16)17)7-12(21-13)19-8-9-3-5-10(6-4-9)22(23)24/h3-7H,2,8H2,1H3,(H2,18,19,20,21). The lowest BCUT2D eigenvalue weighted by Gasteiger charge is -2.12. The van der Waals surface area contributed by atoms with E-state index in [1.807, 2.05) is 0 Å². The molecule has 0 fully saturated rings. The average Bonchev–Trinajstić information content (AvgIpc) is 2.52. The summed E-state index contributed by atoms with van der Waals surface area (Å²) in [4.78, 5) is 17.4. The Kier molecular flexibility index (Phi) is 5.17. The van der Waals surface area contributed by atoms with E-state index in [0.717, 1.165) is 6.07 Å². The first-order chi connectivity index (χ1) is 11.3. The van der Waals surface area contributed by atoms with Crippen LogP contribution in [0.25, 0.3) is 0 Å². The summed E-state index contributed by atoms with van der Waals surface area (Å²) in [7, 11) is 0. The van der Waals surface area contributed by atoms with Gasteiger partial charge in [0.05, 0.1) is 4.92 Å². The number of non-ortho nitro benzene ring substituents is 1. The second-order valence-electron chi connectivity index (χ2n) is 4.77. The van der Waals surface area contributed by atoms with Crippen molar-refractivity contribution in [2.45, 2.75) is 19.6 Å². The second kappa shape index (κ2) is 7.11. The zero-order valence-corrected chi connectivity index (χ0v) is 12.6. The quantitative estimate of drug-likeness (QED) is 0.617.